The molecule has 0 unspecified atom stereocenters. The van der Waals surface area contributed by atoms with Gasteiger partial charge >= 0.3 is 0 Å². The van der Waals surface area contributed by atoms with Gasteiger partial charge in [-0.2, -0.15) is 5.10 Å². The fourth-order valence-electron chi connectivity index (χ4n) is 1.65. The zero-order valence-electron chi connectivity index (χ0n) is 9.81. The summed E-state index contributed by atoms with van der Waals surface area (Å²) in [6, 6.07) is 5.78. The van der Waals surface area contributed by atoms with E-state index in [2.05, 4.69) is 10.1 Å². The van der Waals surface area contributed by atoms with Crippen molar-refractivity contribution in [3.05, 3.63) is 34.6 Å². The van der Waals surface area contributed by atoms with Crippen molar-refractivity contribution >= 4 is 11.6 Å². The van der Waals surface area contributed by atoms with E-state index in [4.69, 9.17) is 16.7 Å². The molecule has 0 amide bonds. The summed E-state index contributed by atoms with van der Waals surface area (Å²) in [4.78, 5) is 4.35. The smallest absolute Gasteiger partial charge is 0.158 e. The van der Waals surface area contributed by atoms with Crippen molar-refractivity contribution in [2.75, 3.05) is 6.61 Å². The molecule has 0 saturated carbocycles. The van der Waals surface area contributed by atoms with Crippen LogP contribution in [0.3, 0.4) is 0 Å². The van der Waals surface area contributed by atoms with Crippen LogP contribution in [0.2, 0.25) is 5.02 Å². The predicted octanol–water partition coefficient (Wildman–Crippen LogP) is 2.21. The van der Waals surface area contributed by atoms with Gasteiger partial charge in [0.2, 0.25) is 0 Å². The molecule has 4 nitrogen and oxygen atoms in total. The SMILES string of the molecule is Cc1nc(-c2ccc(C)c(Cl)c2)n(CCO)n1. The number of aromatic nitrogens is 3. The molecular weight excluding hydrogens is 238 g/mol. The Labute approximate surface area is 105 Å². The van der Waals surface area contributed by atoms with Crippen LogP contribution in [0.4, 0.5) is 0 Å². The van der Waals surface area contributed by atoms with Gasteiger partial charge in [0.05, 0.1) is 13.2 Å². The normalized spacial score (nSPS) is 10.8. The Kier molecular flexibility index (Phi) is 3.45. The molecule has 1 aromatic heterocycles. The highest BCUT2D eigenvalue weighted by Gasteiger charge is 2.10. The highest BCUT2D eigenvalue weighted by atomic mass is 35.5. The first-order chi connectivity index (χ1) is 8.11. The van der Waals surface area contributed by atoms with Gasteiger partial charge in [-0.25, -0.2) is 9.67 Å². The molecule has 0 fully saturated rings. The molecule has 0 aliphatic rings. The van der Waals surface area contributed by atoms with E-state index in [9.17, 15) is 0 Å². The van der Waals surface area contributed by atoms with Crippen LogP contribution in [-0.2, 0) is 6.54 Å². The number of halogens is 1. The Morgan fingerprint density at radius 1 is 1.35 bits per heavy atom. The molecule has 1 aromatic carbocycles. The van der Waals surface area contributed by atoms with Crippen molar-refractivity contribution in [2.45, 2.75) is 20.4 Å². The zero-order valence-corrected chi connectivity index (χ0v) is 10.6. The average Bonchev–Trinajstić information content (AvgIpc) is 2.64. The van der Waals surface area contributed by atoms with Crippen LogP contribution < -0.4 is 0 Å². The number of aliphatic hydroxyl groups is 1. The van der Waals surface area contributed by atoms with E-state index in [-0.39, 0.29) is 6.61 Å². The van der Waals surface area contributed by atoms with Crippen molar-refractivity contribution in [3.8, 4) is 11.4 Å². The number of hydrogen-bond donors (Lipinski definition) is 1. The zero-order chi connectivity index (χ0) is 12.4. The monoisotopic (exact) mass is 251 g/mol. The lowest BCUT2D eigenvalue weighted by Crippen LogP contribution is -2.06. The largest absolute Gasteiger partial charge is 0.394 e. The van der Waals surface area contributed by atoms with Gasteiger partial charge in [0, 0.05) is 10.6 Å². The second-order valence-corrected chi connectivity index (χ2v) is 4.30. The van der Waals surface area contributed by atoms with Crippen molar-refractivity contribution in [1.82, 2.24) is 14.8 Å². The minimum absolute atomic E-state index is 0.0371. The van der Waals surface area contributed by atoms with Gasteiger partial charge in [-0.1, -0.05) is 23.7 Å². The first-order valence-electron chi connectivity index (χ1n) is 5.40. The summed E-state index contributed by atoms with van der Waals surface area (Å²) in [5.41, 5.74) is 1.94. The molecule has 0 atom stereocenters. The lowest BCUT2D eigenvalue weighted by Gasteiger charge is -2.05. The Morgan fingerprint density at radius 2 is 2.12 bits per heavy atom. The van der Waals surface area contributed by atoms with Crippen LogP contribution in [0.5, 0.6) is 0 Å². The molecule has 2 rings (SSSR count). The van der Waals surface area contributed by atoms with Gasteiger partial charge < -0.3 is 5.11 Å². The number of benzene rings is 1. The minimum atomic E-state index is 0.0371. The van der Waals surface area contributed by atoms with Crippen LogP contribution in [0.25, 0.3) is 11.4 Å². The molecule has 0 bridgehead atoms. The Balaban J connectivity index is 2.47. The topological polar surface area (TPSA) is 50.9 Å². The molecule has 17 heavy (non-hydrogen) atoms. The quantitative estimate of drug-likeness (QED) is 0.910. The highest BCUT2D eigenvalue weighted by molar-refractivity contribution is 6.31. The number of aliphatic hydroxyl groups excluding tert-OH is 1. The molecule has 0 spiro atoms. The lowest BCUT2D eigenvalue weighted by atomic mass is 10.1. The Bertz CT molecular complexity index is 537. The second kappa shape index (κ2) is 4.85. The fraction of sp³-hybridized carbons (Fsp3) is 0.333. The summed E-state index contributed by atoms with van der Waals surface area (Å²) in [5, 5.41) is 13.9. The molecular formula is C12H14ClN3O. The number of nitrogens with zero attached hydrogens (tertiary/aromatic N) is 3. The van der Waals surface area contributed by atoms with Crippen LogP contribution >= 0.6 is 11.6 Å². The minimum Gasteiger partial charge on any atom is -0.394 e. The van der Waals surface area contributed by atoms with Gasteiger partial charge in [-0.3, -0.25) is 0 Å². The van der Waals surface area contributed by atoms with E-state index in [1.54, 1.807) is 4.68 Å². The van der Waals surface area contributed by atoms with E-state index < -0.39 is 0 Å². The maximum atomic E-state index is 8.98. The summed E-state index contributed by atoms with van der Waals surface area (Å²) < 4.78 is 1.69. The molecule has 1 N–H and O–H groups in total. The van der Waals surface area contributed by atoms with Gasteiger partial charge in [-0.05, 0) is 25.5 Å². The molecule has 0 aliphatic carbocycles. The van der Waals surface area contributed by atoms with Crippen LogP contribution in [0.1, 0.15) is 11.4 Å². The van der Waals surface area contributed by atoms with Crippen molar-refractivity contribution in [1.29, 1.82) is 0 Å². The van der Waals surface area contributed by atoms with E-state index in [1.807, 2.05) is 32.0 Å². The third-order valence-electron chi connectivity index (χ3n) is 2.52. The third-order valence-corrected chi connectivity index (χ3v) is 2.93. The Morgan fingerprint density at radius 3 is 2.76 bits per heavy atom. The predicted molar refractivity (Wildman–Crippen MR) is 67.0 cm³/mol. The third kappa shape index (κ3) is 2.48. The summed E-state index contributed by atoms with van der Waals surface area (Å²) >= 11 is 6.09. The van der Waals surface area contributed by atoms with Gasteiger partial charge in [0.1, 0.15) is 5.82 Å². The van der Waals surface area contributed by atoms with Gasteiger partial charge in [0.15, 0.2) is 5.82 Å². The average molecular weight is 252 g/mol. The molecule has 90 valence electrons. The fourth-order valence-corrected chi connectivity index (χ4v) is 1.83. The number of hydrogen-bond acceptors (Lipinski definition) is 3. The maximum Gasteiger partial charge on any atom is 0.158 e. The molecule has 0 aliphatic heterocycles. The molecule has 0 radical (unpaired) electrons. The number of aryl methyl sites for hydroxylation is 2. The van der Waals surface area contributed by atoms with Crippen LogP contribution in [0.15, 0.2) is 18.2 Å². The Hall–Kier alpha value is -1.39. The van der Waals surface area contributed by atoms with Crippen molar-refractivity contribution in [3.63, 3.8) is 0 Å². The van der Waals surface area contributed by atoms with E-state index in [0.717, 1.165) is 17.0 Å². The second-order valence-electron chi connectivity index (χ2n) is 3.89. The maximum absolute atomic E-state index is 8.98. The molecule has 5 heteroatoms. The van der Waals surface area contributed by atoms with Crippen molar-refractivity contribution < 1.29 is 5.11 Å². The highest BCUT2D eigenvalue weighted by Crippen LogP contribution is 2.24. The van der Waals surface area contributed by atoms with E-state index in [1.165, 1.54) is 0 Å². The first kappa shape index (κ1) is 12.1. The van der Waals surface area contributed by atoms with Crippen LogP contribution in [-0.4, -0.2) is 26.5 Å². The number of rotatable bonds is 3. The van der Waals surface area contributed by atoms with Gasteiger partial charge in [0.25, 0.3) is 0 Å². The molecule has 0 saturated heterocycles. The summed E-state index contributed by atoms with van der Waals surface area (Å²) in [7, 11) is 0. The molecule has 1 heterocycles. The summed E-state index contributed by atoms with van der Waals surface area (Å²) in [6.45, 7) is 4.25. The van der Waals surface area contributed by atoms with Gasteiger partial charge in [-0.15, -0.1) is 0 Å². The standard InChI is InChI=1S/C12H14ClN3O/c1-8-3-4-10(7-11(8)13)12-14-9(2)15-16(12)5-6-17/h3-4,7,17H,5-6H2,1-2H3. The lowest BCUT2D eigenvalue weighted by molar-refractivity contribution is 0.270. The van der Waals surface area contributed by atoms with E-state index >= 15 is 0 Å². The summed E-state index contributed by atoms with van der Waals surface area (Å²) in [6.07, 6.45) is 0. The first-order valence-corrected chi connectivity index (χ1v) is 5.78. The summed E-state index contributed by atoms with van der Waals surface area (Å²) in [5.74, 6) is 1.42. The van der Waals surface area contributed by atoms with E-state index in [0.29, 0.717) is 17.4 Å². The van der Waals surface area contributed by atoms with Crippen LogP contribution in [0, 0.1) is 13.8 Å². The molecule has 2 aromatic rings. The van der Waals surface area contributed by atoms with Crippen molar-refractivity contribution in [2.24, 2.45) is 0 Å².